The van der Waals surface area contributed by atoms with Crippen molar-refractivity contribution < 1.29 is 19.1 Å². The summed E-state index contributed by atoms with van der Waals surface area (Å²) >= 11 is 3.30. The van der Waals surface area contributed by atoms with Crippen LogP contribution < -0.4 is 16.4 Å². The van der Waals surface area contributed by atoms with E-state index in [9.17, 15) is 14.4 Å². The molecule has 0 spiro atoms. The summed E-state index contributed by atoms with van der Waals surface area (Å²) < 4.78 is 5.87. The zero-order valence-electron chi connectivity index (χ0n) is 15.4. The second kappa shape index (κ2) is 10.2. The molecule has 0 fully saturated rings. The van der Waals surface area contributed by atoms with Gasteiger partial charge in [0.05, 0.1) is 11.3 Å². The van der Waals surface area contributed by atoms with E-state index >= 15 is 0 Å². The Bertz CT molecular complexity index is 656. The van der Waals surface area contributed by atoms with Crippen LogP contribution in [0.3, 0.4) is 0 Å². The van der Waals surface area contributed by atoms with Crippen molar-refractivity contribution in [2.24, 2.45) is 5.73 Å². The highest BCUT2D eigenvalue weighted by atomic mass is 79.9. The molecule has 1 aromatic carbocycles. The lowest BCUT2D eigenvalue weighted by Gasteiger charge is -2.19. The zero-order valence-corrected chi connectivity index (χ0v) is 16.9. The largest absolute Gasteiger partial charge is 0.444 e. The van der Waals surface area contributed by atoms with Crippen molar-refractivity contribution in [3.8, 4) is 0 Å². The van der Waals surface area contributed by atoms with Crippen molar-refractivity contribution in [1.82, 2.24) is 5.32 Å². The number of nitrogens with two attached hydrogens (primary N) is 1. The van der Waals surface area contributed by atoms with Crippen LogP contribution in [0.2, 0.25) is 0 Å². The third-order valence-corrected chi connectivity index (χ3v) is 3.76. The third-order valence-electron chi connectivity index (χ3n) is 3.27. The molecule has 0 atom stereocenters. The van der Waals surface area contributed by atoms with Crippen molar-refractivity contribution in [3.05, 3.63) is 28.2 Å². The number of primary amides is 1. The van der Waals surface area contributed by atoms with Gasteiger partial charge < -0.3 is 21.1 Å². The lowest BCUT2D eigenvalue weighted by Crippen LogP contribution is -2.33. The minimum atomic E-state index is -0.596. The molecule has 4 N–H and O–H groups in total. The van der Waals surface area contributed by atoms with E-state index in [1.54, 1.807) is 39.0 Å². The number of halogens is 1. The number of carbonyl (C=O) groups excluding carboxylic acids is 3. The summed E-state index contributed by atoms with van der Waals surface area (Å²) in [5, 5.41) is 5.38. The molecule has 0 bridgehead atoms. The molecule has 26 heavy (non-hydrogen) atoms. The number of hydrogen-bond donors (Lipinski definition) is 3. The Kier molecular flexibility index (Phi) is 8.57. The number of nitrogens with one attached hydrogen (secondary N) is 2. The average molecular weight is 428 g/mol. The van der Waals surface area contributed by atoms with E-state index in [4.69, 9.17) is 10.5 Å². The van der Waals surface area contributed by atoms with Crippen molar-refractivity contribution in [2.75, 3.05) is 11.9 Å². The summed E-state index contributed by atoms with van der Waals surface area (Å²) in [5.41, 5.74) is 5.45. The third kappa shape index (κ3) is 8.84. The fourth-order valence-electron chi connectivity index (χ4n) is 2.14. The number of alkyl carbamates (subject to hydrolysis) is 1. The first-order chi connectivity index (χ1) is 12.1. The highest BCUT2D eigenvalue weighted by molar-refractivity contribution is 9.10. The Morgan fingerprint density at radius 1 is 1.15 bits per heavy atom. The number of hydrogen-bond acceptors (Lipinski definition) is 4. The molecular weight excluding hydrogens is 402 g/mol. The summed E-state index contributed by atoms with van der Waals surface area (Å²) in [7, 11) is 0. The van der Waals surface area contributed by atoms with Gasteiger partial charge in [0, 0.05) is 17.4 Å². The van der Waals surface area contributed by atoms with Crippen LogP contribution in [-0.2, 0) is 9.53 Å². The van der Waals surface area contributed by atoms with E-state index in [2.05, 4.69) is 26.6 Å². The van der Waals surface area contributed by atoms with Gasteiger partial charge in [-0.3, -0.25) is 9.59 Å². The fourth-order valence-corrected chi connectivity index (χ4v) is 2.50. The van der Waals surface area contributed by atoms with Gasteiger partial charge in [0.2, 0.25) is 5.91 Å². The number of anilines is 1. The molecule has 1 aromatic rings. The number of benzene rings is 1. The summed E-state index contributed by atoms with van der Waals surface area (Å²) in [4.78, 5) is 34.9. The summed E-state index contributed by atoms with van der Waals surface area (Å²) in [6, 6.07) is 4.89. The van der Waals surface area contributed by atoms with E-state index in [1.807, 2.05) is 0 Å². The van der Waals surface area contributed by atoms with Crippen LogP contribution in [0.15, 0.2) is 22.7 Å². The molecule has 0 radical (unpaired) electrons. The van der Waals surface area contributed by atoms with Crippen molar-refractivity contribution in [3.63, 3.8) is 0 Å². The Hall–Kier alpha value is -2.09. The minimum Gasteiger partial charge on any atom is -0.444 e. The first-order valence-corrected chi connectivity index (χ1v) is 9.24. The fraction of sp³-hybridized carbons (Fsp3) is 0.500. The van der Waals surface area contributed by atoms with Crippen LogP contribution in [0.4, 0.5) is 10.5 Å². The highest BCUT2D eigenvalue weighted by Gasteiger charge is 2.15. The maximum Gasteiger partial charge on any atom is 0.407 e. The van der Waals surface area contributed by atoms with E-state index in [1.165, 1.54) is 0 Å². The van der Waals surface area contributed by atoms with E-state index in [0.717, 1.165) is 17.3 Å². The van der Waals surface area contributed by atoms with E-state index in [0.29, 0.717) is 25.1 Å². The highest BCUT2D eigenvalue weighted by Crippen LogP contribution is 2.21. The van der Waals surface area contributed by atoms with E-state index < -0.39 is 17.6 Å². The molecule has 0 aliphatic rings. The molecule has 0 heterocycles. The average Bonchev–Trinajstić information content (AvgIpc) is 2.48. The van der Waals surface area contributed by atoms with Crippen LogP contribution in [0, 0.1) is 0 Å². The predicted molar refractivity (Wildman–Crippen MR) is 104 cm³/mol. The predicted octanol–water partition coefficient (Wildman–Crippen LogP) is 3.57. The number of ether oxygens (including phenoxy) is 1. The Morgan fingerprint density at radius 3 is 2.46 bits per heavy atom. The standard InChI is InChI=1S/C18H26BrN3O4/c1-18(2,3)26-17(25)21-10-6-4-5-7-15(23)22-14-11-12(19)8-9-13(14)16(20)24/h8-9,11H,4-7,10H2,1-3H3,(H2,20,24)(H,21,25)(H,22,23). The van der Waals surface area contributed by atoms with Crippen molar-refractivity contribution in [1.29, 1.82) is 0 Å². The minimum absolute atomic E-state index is 0.189. The van der Waals surface area contributed by atoms with Gasteiger partial charge in [-0.25, -0.2) is 4.79 Å². The maximum absolute atomic E-state index is 12.0. The number of carbonyl (C=O) groups is 3. The molecule has 3 amide bonds. The van der Waals surface area contributed by atoms with Crippen molar-refractivity contribution in [2.45, 2.75) is 52.1 Å². The summed E-state index contributed by atoms with van der Waals surface area (Å²) in [6.45, 7) is 5.91. The molecule has 7 nitrogen and oxygen atoms in total. The SMILES string of the molecule is CC(C)(C)OC(=O)NCCCCCC(=O)Nc1cc(Br)ccc1C(N)=O. The normalized spacial score (nSPS) is 10.9. The molecule has 144 valence electrons. The van der Waals surface area contributed by atoms with Gasteiger partial charge in [0.1, 0.15) is 5.60 Å². The molecule has 1 rings (SSSR count). The van der Waals surface area contributed by atoms with Gasteiger partial charge in [-0.2, -0.15) is 0 Å². The van der Waals surface area contributed by atoms with Gasteiger partial charge in [0.15, 0.2) is 0 Å². The van der Waals surface area contributed by atoms with Gasteiger partial charge in [0.25, 0.3) is 5.91 Å². The van der Waals surface area contributed by atoms with Crippen LogP contribution in [0.5, 0.6) is 0 Å². The summed E-state index contributed by atoms with van der Waals surface area (Å²) in [5.74, 6) is -0.785. The molecule has 0 aromatic heterocycles. The first-order valence-electron chi connectivity index (χ1n) is 8.44. The topological polar surface area (TPSA) is 111 Å². The van der Waals surface area contributed by atoms with Gasteiger partial charge in [-0.1, -0.05) is 22.4 Å². The first kappa shape index (κ1) is 22.0. The molecule has 8 heteroatoms. The van der Waals surface area contributed by atoms with Crippen LogP contribution in [0.25, 0.3) is 0 Å². The molecule has 0 saturated carbocycles. The molecular formula is C18H26BrN3O4. The monoisotopic (exact) mass is 427 g/mol. The lowest BCUT2D eigenvalue weighted by molar-refractivity contribution is -0.116. The van der Waals surface area contributed by atoms with Crippen LogP contribution in [-0.4, -0.2) is 30.1 Å². The molecule has 0 unspecified atom stereocenters. The van der Waals surface area contributed by atoms with Gasteiger partial charge in [-0.05, 0) is 51.8 Å². The smallest absolute Gasteiger partial charge is 0.407 e. The van der Waals surface area contributed by atoms with Gasteiger partial charge in [-0.15, -0.1) is 0 Å². The van der Waals surface area contributed by atoms with E-state index in [-0.39, 0.29) is 11.5 Å². The van der Waals surface area contributed by atoms with Crippen LogP contribution >= 0.6 is 15.9 Å². The van der Waals surface area contributed by atoms with Crippen LogP contribution in [0.1, 0.15) is 56.8 Å². The Morgan fingerprint density at radius 2 is 1.85 bits per heavy atom. The van der Waals surface area contributed by atoms with Crippen molar-refractivity contribution >= 4 is 39.5 Å². The molecule has 0 aliphatic carbocycles. The Labute approximate surface area is 162 Å². The molecule has 0 saturated heterocycles. The second-order valence-electron chi connectivity index (χ2n) is 6.84. The lowest BCUT2D eigenvalue weighted by atomic mass is 10.1. The molecule has 0 aliphatic heterocycles. The number of unbranched alkanes of at least 4 members (excludes halogenated alkanes) is 2. The zero-order chi connectivity index (χ0) is 19.7. The maximum atomic E-state index is 12.0. The second-order valence-corrected chi connectivity index (χ2v) is 7.76. The number of amides is 3. The van der Waals surface area contributed by atoms with Gasteiger partial charge >= 0.3 is 6.09 Å². The summed E-state index contributed by atoms with van der Waals surface area (Å²) in [6.07, 6.45) is 2.07. The number of rotatable bonds is 8. The quantitative estimate of drug-likeness (QED) is 0.550. The Balaban J connectivity index is 2.29.